The summed E-state index contributed by atoms with van der Waals surface area (Å²) in [4.78, 5) is 11.5. The van der Waals surface area contributed by atoms with Crippen LogP contribution in [0.3, 0.4) is 0 Å². The summed E-state index contributed by atoms with van der Waals surface area (Å²) in [6.45, 7) is 1.81. The van der Waals surface area contributed by atoms with E-state index in [1.165, 1.54) is 13.2 Å². The average Bonchev–Trinajstić information content (AvgIpc) is 2.43. The number of hydrogen-bond donors (Lipinski definition) is 0. The van der Waals surface area contributed by atoms with Gasteiger partial charge in [0.25, 0.3) is 10.1 Å². The minimum atomic E-state index is -3.68. The third-order valence-electron chi connectivity index (χ3n) is 2.95. The van der Waals surface area contributed by atoms with Gasteiger partial charge in [-0.3, -0.25) is 8.98 Å². The van der Waals surface area contributed by atoms with Gasteiger partial charge in [-0.25, -0.2) is 0 Å². The second-order valence-electron chi connectivity index (χ2n) is 4.35. The van der Waals surface area contributed by atoms with Crippen molar-refractivity contribution in [2.75, 3.05) is 14.2 Å². The highest BCUT2D eigenvalue weighted by molar-refractivity contribution is 14.1. The minimum absolute atomic E-state index is 0.158. The zero-order valence-corrected chi connectivity index (χ0v) is 14.5. The molecule has 112 valence electrons. The predicted molar refractivity (Wildman–Crippen MR) is 82.9 cm³/mol. The highest BCUT2D eigenvalue weighted by Crippen LogP contribution is 2.22. The maximum atomic E-state index is 11.6. The van der Waals surface area contributed by atoms with Crippen molar-refractivity contribution in [3.8, 4) is 0 Å². The Balaban J connectivity index is 2.81. The van der Waals surface area contributed by atoms with Crippen LogP contribution in [-0.4, -0.2) is 28.6 Å². The Hall–Kier alpha value is -0.670. The molecule has 1 rings (SSSR count). The van der Waals surface area contributed by atoms with Gasteiger partial charge in [-0.05, 0) is 53.1 Å². The first-order valence-electron chi connectivity index (χ1n) is 5.98. The summed E-state index contributed by atoms with van der Waals surface area (Å²) < 4.78 is 33.0. The van der Waals surface area contributed by atoms with Crippen LogP contribution in [-0.2, 0) is 30.3 Å². The van der Waals surface area contributed by atoms with Gasteiger partial charge in [0.2, 0.25) is 0 Å². The van der Waals surface area contributed by atoms with Gasteiger partial charge in [0.05, 0.1) is 20.1 Å². The third kappa shape index (κ3) is 4.42. The molecule has 0 N–H and O–H groups in total. The highest BCUT2D eigenvalue weighted by atomic mass is 127. The topological polar surface area (TPSA) is 69.7 Å². The zero-order valence-electron chi connectivity index (χ0n) is 11.6. The first kappa shape index (κ1) is 17.4. The first-order valence-corrected chi connectivity index (χ1v) is 8.47. The lowest BCUT2D eigenvalue weighted by molar-refractivity contribution is -0.145. The zero-order chi connectivity index (χ0) is 15.3. The number of aryl methyl sites for hydroxylation is 1. The third-order valence-corrected chi connectivity index (χ3v) is 5.55. The van der Waals surface area contributed by atoms with Crippen molar-refractivity contribution in [1.29, 1.82) is 0 Å². The van der Waals surface area contributed by atoms with E-state index in [-0.39, 0.29) is 16.8 Å². The lowest BCUT2D eigenvalue weighted by atomic mass is 10.0. The molecule has 0 heterocycles. The minimum Gasteiger partial charge on any atom is -0.469 e. The van der Waals surface area contributed by atoms with E-state index in [2.05, 4.69) is 8.92 Å². The van der Waals surface area contributed by atoms with Gasteiger partial charge in [0.15, 0.2) is 0 Å². The van der Waals surface area contributed by atoms with Crippen molar-refractivity contribution >= 4 is 38.7 Å². The molecule has 1 atom stereocenters. The van der Waals surface area contributed by atoms with Crippen LogP contribution < -0.4 is 0 Å². The number of carbonyl (C=O) groups excluding carboxylic acids is 1. The van der Waals surface area contributed by atoms with E-state index in [0.29, 0.717) is 16.4 Å². The predicted octanol–water partition coefficient (Wildman–Crippen LogP) is 2.37. The van der Waals surface area contributed by atoms with Gasteiger partial charge in [-0.2, -0.15) is 8.42 Å². The average molecular weight is 412 g/mol. The number of halogens is 1. The molecule has 0 aromatic heterocycles. The van der Waals surface area contributed by atoms with E-state index in [9.17, 15) is 13.2 Å². The van der Waals surface area contributed by atoms with Crippen LogP contribution in [0.25, 0.3) is 0 Å². The van der Waals surface area contributed by atoms with E-state index in [1.807, 2.05) is 22.6 Å². The van der Waals surface area contributed by atoms with Crippen molar-refractivity contribution in [3.05, 3.63) is 27.3 Å². The number of ether oxygens (including phenoxy) is 1. The quantitative estimate of drug-likeness (QED) is 0.408. The molecule has 5 nitrogen and oxygen atoms in total. The number of methoxy groups -OCH3 is 1. The molecule has 0 spiro atoms. The number of rotatable bonds is 6. The highest BCUT2D eigenvalue weighted by Gasteiger charge is 2.18. The fraction of sp³-hybridized carbons (Fsp3) is 0.462. The monoisotopic (exact) mass is 412 g/mol. The molecule has 0 fully saturated rings. The van der Waals surface area contributed by atoms with Crippen molar-refractivity contribution in [1.82, 2.24) is 0 Å². The number of esters is 1. The van der Waals surface area contributed by atoms with E-state index in [4.69, 9.17) is 0 Å². The molecular formula is C13H17IO5S. The molecule has 1 unspecified atom stereocenters. The van der Waals surface area contributed by atoms with E-state index < -0.39 is 10.1 Å². The fourth-order valence-corrected chi connectivity index (χ4v) is 3.80. The lowest BCUT2D eigenvalue weighted by Crippen LogP contribution is -2.13. The van der Waals surface area contributed by atoms with Crippen LogP contribution in [0.1, 0.15) is 18.9 Å². The molecule has 0 aliphatic heterocycles. The van der Waals surface area contributed by atoms with Crippen LogP contribution in [0.15, 0.2) is 23.1 Å². The molecule has 0 saturated heterocycles. The van der Waals surface area contributed by atoms with Gasteiger partial charge >= 0.3 is 5.97 Å². The molecular weight excluding hydrogens is 395 g/mol. The number of carbonyl (C=O) groups is 1. The summed E-state index contributed by atoms with van der Waals surface area (Å²) in [6, 6.07) is 5.05. The maximum Gasteiger partial charge on any atom is 0.308 e. The summed E-state index contributed by atoms with van der Waals surface area (Å²) in [5.41, 5.74) is 0.972. The SMILES string of the molecule is COC(=O)C(C)CCc1ccc(S(=O)(=O)OC)c(I)c1. The Labute approximate surface area is 132 Å². The Morgan fingerprint density at radius 2 is 2.00 bits per heavy atom. The molecule has 20 heavy (non-hydrogen) atoms. The molecule has 0 amide bonds. The number of hydrogen-bond acceptors (Lipinski definition) is 5. The second kappa shape index (κ2) is 7.37. The van der Waals surface area contributed by atoms with Gasteiger partial charge in [0, 0.05) is 3.57 Å². The van der Waals surface area contributed by atoms with Gasteiger partial charge in [0.1, 0.15) is 4.90 Å². The molecule has 0 radical (unpaired) electrons. The Morgan fingerprint density at radius 1 is 1.35 bits per heavy atom. The molecule has 7 heteroatoms. The van der Waals surface area contributed by atoms with Gasteiger partial charge in [-0.15, -0.1) is 0 Å². The molecule has 0 bridgehead atoms. The summed E-state index contributed by atoms with van der Waals surface area (Å²) in [5.74, 6) is -0.418. The van der Waals surface area contributed by atoms with Crippen LogP contribution in [0, 0.1) is 9.49 Å². The van der Waals surface area contributed by atoms with Crippen molar-refractivity contribution in [2.45, 2.75) is 24.7 Å². The fourth-order valence-electron chi connectivity index (χ4n) is 1.69. The maximum absolute atomic E-state index is 11.6. The summed E-state index contributed by atoms with van der Waals surface area (Å²) >= 11 is 1.96. The summed E-state index contributed by atoms with van der Waals surface area (Å²) in [5, 5.41) is 0. The van der Waals surface area contributed by atoms with Gasteiger partial charge < -0.3 is 4.74 Å². The Bertz CT molecular complexity index is 582. The van der Waals surface area contributed by atoms with E-state index in [0.717, 1.165) is 12.7 Å². The normalized spacial score (nSPS) is 13.0. The molecule has 0 saturated carbocycles. The Kier molecular flexibility index (Phi) is 6.41. The van der Waals surface area contributed by atoms with Crippen molar-refractivity contribution in [2.24, 2.45) is 5.92 Å². The smallest absolute Gasteiger partial charge is 0.308 e. The summed E-state index contributed by atoms with van der Waals surface area (Å²) in [7, 11) is -1.17. The van der Waals surface area contributed by atoms with E-state index in [1.54, 1.807) is 19.1 Å². The van der Waals surface area contributed by atoms with Crippen molar-refractivity contribution in [3.63, 3.8) is 0 Å². The number of benzene rings is 1. The standard InChI is InChI=1S/C13H17IO5S/c1-9(13(15)18-2)4-5-10-6-7-12(11(14)8-10)20(16,17)19-3/h6-9H,4-5H2,1-3H3. The lowest BCUT2D eigenvalue weighted by Gasteiger charge is -2.10. The van der Waals surface area contributed by atoms with Crippen LogP contribution >= 0.6 is 22.6 Å². The summed E-state index contributed by atoms with van der Waals surface area (Å²) in [6.07, 6.45) is 1.33. The first-order chi connectivity index (χ1) is 9.31. The van der Waals surface area contributed by atoms with Crippen LogP contribution in [0.2, 0.25) is 0 Å². The Morgan fingerprint density at radius 3 is 2.50 bits per heavy atom. The van der Waals surface area contributed by atoms with Crippen molar-refractivity contribution < 1.29 is 22.1 Å². The van der Waals surface area contributed by atoms with Gasteiger partial charge in [-0.1, -0.05) is 13.0 Å². The largest absolute Gasteiger partial charge is 0.469 e. The second-order valence-corrected chi connectivity index (χ2v) is 7.19. The molecule has 0 aliphatic carbocycles. The molecule has 1 aromatic carbocycles. The van der Waals surface area contributed by atoms with Crippen LogP contribution in [0.4, 0.5) is 0 Å². The molecule has 0 aliphatic rings. The van der Waals surface area contributed by atoms with E-state index >= 15 is 0 Å². The molecule has 1 aromatic rings. The van der Waals surface area contributed by atoms with Crippen LogP contribution in [0.5, 0.6) is 0 Å².